The molecule has 1 saturated heterocycles. The Morgan fingerprint density at radius 3 is 1.81 bits per heavy atom. The van der Waals surface area contributed by atoms with Gasteiger partial charge in [0.15, 0.2) is 0 Å². The molecule has 16 heavy (non-hydrogen) atoms. The number of hydrogen-bond acceptors (Lipinski definition) is 6. The molecule has 1 aromatic rings. The summed E-state index contributed by atoms with van der Waals surface area (Å²) in [5.74, 6) is 0. The summed E-state index contributed by atoms with van der Waals surface area (Å²) in [4.78, 5) is 0. The van der Waals surface area contributed by atoms with Gasteiger partial charge >= 0.3 is 3.98 Å². The molecule has 0 atom stereocenters. The highest BCUT2D eigenvalue weighted by Gasteiger charge is 2.11. The molecule has 0 aliphatic carbocycles. The quantitative estimate of drug-likeness (QED) is 0.475. The van der Waals surface area contributed by atoms with Crippen LogP contribution in [-0.4, -0.2) is 13.1 Å². The van der Waals surface area contributed by atoms with Crippen molar-refractivity contribution in [1.82, 2.24) is 4.58 Å². The Kier molecular flexibility index (Phi) is 5.84. The minimum absolute atomic E-state index is 1.27. The van der Waals surface area contributed by atoms with E-state index in [0.717, 1.165) is 0 Å². The van der Waals surface area contributed by atoms with Gasteiger partial charge in [0.05, 0.1) is 0 Å². The molecule has 0 radical (unpaired) electrons. The fourth-order valence-electron chi connectivity index (χ4n) is 1.43. The second kappa shape index (κ2) is 6.65. The summed E-state index contributed by atoms with van der Waals surface area (Å²) in [6.07, 6.45) is 4.18. The SMILES string of the molecule is [O-][Cl+3]([O-])([O-])[O-].c1csc(=[N+]2CCCCC2)s1. The van der Waals surface area contributed by atoms with E-state index in [1.165, 1.54) is 36.3 Å². The van der Waals surface area contributed by atoms with Gasteiger partial charge in [-0.2, -0.15) is 0 Å². The second-order valence-corrected chi connectivity index (χ2v) is 6.00. The van der Waals surface area contributed by atoms with Crippen molar-refractivity contribution in [2.45, 2.75) is 19.3 Å². The molecule has 8 heteroatoms. The van der Waals surface area contributed by atoms with E-state index in [1.807, 2.05) is 22.7 Å². The van der Waals surface area contributed by atoms with Gasteiger partial charge in [0.25, 0.3) is 0 Å². The zero-order valence-corrected chi connectivity index (χ0v) is 10.9. The van der Waals surface area contributed by atoms with Crippen LogP contribution in [0.4, 0.5) is 0 Å². The van der Waals surface area contributed by atoms with Crippen molar-refractivity contribution in [2.24, 2.45) is 0 Å². The minimum atomic E-state index is -4.94. The summed E-state index contributed by atoms with van der Waals surface area (Å²) in [7, 11) is -4.94. The lowest BCUT2D eigenvalue weighted by molar-refractivity contribution is -2.00. The van der Waals surface area contributed by atoms with Crippen molar-refractivity contribution < 1.29 is 28.9 Å². The van der Waals surface area contributed by atoms with Crippen molar-refractivity contribution in [3.63, 3.8) is 0 Å². The predicted octanol–water partition coefficient (Wildman–Crippen LogP) is -2.99. The van der Waals surface area contributed by atoms with Crippen LogP contribution in [0.15, 0.2) is 10.8 Å². The van der Waals surface area contributed by atoms with Gasteiger partial charge in [0.1, 0.15) is 13.1 Å². The third kappa shape index (κ3) is 6.54. The Labute approximate surface area is 103 Å². The fourth-order valence-corrected chi connectivity index (χ4v) is 3.32. The number of piperidine rings is 1. The molecular weight excluding hydrogens is 274 g/mol. The van der Waals surface area contributed by atoms with Crippen molar-refractivity contribution in [3.05, 3.63) is 14.7 Å². The zero-order valence-electron chi connectivity index (χ0n) is 8.46. The van der Waals surface area contributed by atoms with E-state index in [2.05, 4.69) is 15.3 Å². The fraction of sp³-hybridized carbons (Fsp3) is 0.625. The molecule has 92 valence electrons. The zero-order chi connectivity index (χ0) is 12.0. The molecule has 1 aliphatic heterocycles. The van der Waals surface area contributed by atoms with E-state index in [9.17, 15) is 0 Å². The molecule has 1 fully saturated rings. The van der Waals surface area contributed by atoms with Crippen LogP contribution in [0.3, 0.4) is 0 Å². The highest BCUT2D eigenvalue weighted by atomic mass is 35.7. The lowest BCUT2D eigenvalue weighted by Gasteiger charge is -2.17. The normalized spacial score (nSPS) is 16.6. The van der Waals surface area contributed by atoms with E-state index >= 15 is 0 Å². The molecule has 2 heterocycles. The second-order valence-electron chi connectivity index (χ2n) is 3.20. The summed E-state index contributed by atoms with van der Waals surface area (Å²) in [5, 5.41) is 4.35. The van der Waals surface area contributed by atoms with Crippen LogP contribution in [0, 0.1) is 10.2 Å². The lowest BCUT2D eigenvalue weighted by Crippen LogP contribution is -2.68. The van der Waals surface area contributed by atoms with Crippen LogP contribution in [0.2, 0.25) is 0 Å². The van der Waals surface area contributed by atoms with Crippen LogP contribution in [0.5, 0.6) is 0 Å². The average molecular weight is 286 g/mol. The molecule has 0 unspecified atom stereocenters. The van der Waals surface area contributed by atoms with Gasteiger partial charge in [-0.05, 0) is 6.42 Å². The topological polar surface area (TPSA) is 95.2 Å². The molecule has 0 N–H and O–H groups in total. The Morgan fingerprint density at radius 1 is 0.938 bits per heavy atom. The molecule has 0 aromatic carbocycles. The van der Waals surface area contributed by atoms with E-state index in [4.69, 9.17) is 18.6 Å². The minimum Gasteiger partial charge on any atom is -0.222 e. The van der Waals surface area contributed by atoms with Crippen LogP contribution in [0.1, 0.15) is 19.3 Å². The van der Waals surface area contributed by atoms with Crippen LogP contribution in [-0.2, 0) is 0 Å². The molecule has 0 bridgehead atoms. The summed E-state index contributed by atoms with van der Waals surface area (Å²) in [6.45, 7) is 2.55. The van der Waals surface area contributed by atoms with Gasteiger partial charge in [-0.15, -0.1) is 10.2 Å². The van der Waals surface area contributed by atoms with Crippen LogP contribution >= 0.6 is 22.7 Å². The number of halogens is 1. The summed E-state index contributed by atoms with van der Waals surface area (Å²) in [5.41, 5.74) is 0. The molecule has 1 aromatic heterocycles. The third-order valence-corrected chi connectivity index (χ3v) is 4.22. The Hall–Kier alpha value is -0.0200. The highest BCUT2D eigenvalue weighted by Crippen LogP contribution is 2.03. The van der Waals surface area contributed by atoms with Gasteiger partial charge in [-0.3, -0.25) is 0 Å². The van der Waals surface area contributed by atoms with Crippen molar-refractivity contribution >= 4 is 22.7 Å². The van der Waals surface area contributed by atoms with E-state index in [0.29, 0.717) is 0 Å². The summed E-state index contributed by atoms with van der Waals surface area (Å²) >= 11 is 3.75. The van der Waals surface area contributed by atoms with Crippen molar-refractivity contribution in [2.75, 3.05) is 13.1 Å². The maximum atomic E-state index is 8.49. The molecule has 1 aliphatic rings. The smallest absolute Gasteiger partial charge is 0.222 e. The van der Waals surface area contributed by atoms with Gasteiger partial charge in [-0.1, -0.05) is 22.7 Å². The number of rotatable bonds is 0. The Morgan fingerprint density at radius 2 is 1.38 bits per heavy atom. The van der Waals surface area contributed by atoms with Crippen LogP contribution < -0.4 is 27.2 Å². The van der Waals surface area contributed by atoms with Gasteiger partial charge < -0.3 is 0 Å². The first-order valence-corrected chi connectivity index (χ1v) is 7.68. The Balaban J connectivity index is 0.000000221. The summed E-state index contributed by atoms with van der Waals surface area (Å²) < 4.78 is 38.0. The highest BCUT2D eigenvalue weighted by molar-refractivity contribution is 7.24. The lowest BCUT2D eigenvalue weighted by atomic mass is 10.2. The summed E-state index contributed by atoms with van der Waals surface area (Å²) in [6, 6.07) is 0. The first kappa shape index (κ1) is 14.0. The molecule has 2 rings (SSSR count). The average Bonchev–Trinajstić information content (AvgIpc) is 2.69. The number of nitrogens with zero attached hydrogens (tertiary/aromatic N) is 1. The van der Waals surface area contributed by atoms with Crippen LogP contribution in [0.25, 0.3) is 0 Å². The molecule has 0 spiro atoms. The largest absolute Gasteiger partial charge is 0.313 e. The maximum Gasteiger partial charge on any atom is 0.313 e. The van der Waals surface area contributed by atoms with Gasteiger partial charge in [0, 0.05) is 23.6 Å². The standard InChI is InChI=1S/C8H12NS2.ClHO4/c1-2-4-9(5-3-1)8-10-6-7-11-8;2-1(3,4)5/h6-7H,1-5H2;(H,2,3,4,5)/q+1;/p-1. The first-order chi connectivity index (χ1) is 7.47. The molecule has 0 saturated carbocycles. The van der Waals surface area contributed by atoms with Crippen molar-refractivity contribution in [1.29, 1.82) is 0 Å². The molecule has 0 amide bonds. The van der Waals surface area contributed by atoms with E-state index in [1.54, 1.807) is 0 Å². The van der Waals surface area contributed by atoms with Gasteiger partial charge in [-0.25, -0.2) is 23.2 Å². The predicted molar refractivity (Wildman–Crippen MR) is 51.1 cm³/mol. The Bertz CT molecular complexity index is 340. The maximum absolute atomic E-state index is 8.49. The third-order valence-electron chi connectivity index (χ3n) is 2.01. The molecule has 5 nitrogen and oxygen atoms in total. The monoisotopic (exact) mass is 285 g/mol. The number of hydrogen-bond donors (Lipinski definition) is 0. The first-order valence-electron chi connectivity index (χ1n) is 4.69. The van der Waals surface area contributed by atoms with E-state index < -0.39 is 10.2 Å². The molecular formula is C8H12ClNO4S2. The van der Waals surface area contributed by atoms with Crippen molar-refractivity contribution in [3.8, 4) is 0 Å². The van der Waals surface area contributed by atoms with E-state index in [-0.39, 0.29) is 0 Å². The van der Waals surface area contributed by atoms with Gasteiger partial charge in [0.2, 0.25) is 0 Å².